The molecule has 37 heavy (non-hydrogen) atoms. The van der Waals surface area contributed by atoms with Crippen LogP contribution >= 0.6 is 0 Å². The molecule has 3 amide bonds. The highest BCUT2D eigenvalue weighted by atomic mass is 19.1. The SMILES string of the molecule is CC(=O)NC[C@H]1CN(c2ccc(N3CCC(N(Cc4ccc([N+](=O)[O-])o4)C(C)=O)CC3)c(F)c2)C(=O)O1. The van der Waals surface area contributed by atoms with Crippen molar-refractivity contribution >= 4 is 35.2 Å². The van der Waals surface area contributed by atoms with Gasteiger partial charge in [0.25, 0.3) is 0 Å². The number of ether oxygens (including phenoxy) is 1. The van der Waals surface area contributed by atoms with Crippen LogP contribution in [0.15, 0.2) is 34.7 Å². The Labute approximate surface area is 212 Å². The summed E-state index contributed by atoms with van der Waals surface area (Å²) >= 11 is 0. The Bertz CT molecular complexity index is 1190. The number of hydrogen-bond acceptors (Lipinski definition) is 8. The Kier molecular flexibility index (Phi) is 7.60. The molecule has 0 radical (unpaired) electrons. The Morgan fingerprint density at radius 2 is 1.95 bits per heavy atom. The van der Waals surface area contributed by atoms with Crippen molar-refractivity contribution < 1.29 is 32.9 Å². The summed E-state index contributed by atoms with van der Waals surface area (Å²) in [6.07, 6.45) is 0.0314. The molecule has 1 N–H and O–H groups in total. The van der Waals surface area contributed by atoms with E-state index in [2.05, 4.69) is 5.32 Å². The van der Waals surface area contributed by atoms with E-state index in [1.165, 1.54) is 36.9 Å². The van der Waals surface area contributed by atoms with Crippen LogP contribution in [-0.4, -0.2) is 66.1 Å². The van der Waals surface area contributed by atoms with E-state index in [-0.39, 0.29) is 43.4 Å². The third kappa shape index (κ3) is 5.98. The van der Waals surface area contributed by atoms with E-state index >= 15 is 4.39 Å². The van der Waals surface area contributed by atoms with Crippen LogP contribution in [0.3, 0.4) is 0 Å². The van der Waals surface area contributed by atoms with Gasteiger partial charge in [0.15, 0.2) is 0 Å². The molecule has 2 aromatic rings. The van der Waals surface area contributed by atoms with Gasteiger partial charge in [-0.25, -0.2) is 9.18 Å². The number of hydrogen-bond donors (Lipinski definition) is 1. The van der Waals surface area contributed by atoms with Crippen molar-refractivity contribution in [2.75, 3.05) is 36.0 Å². The van der Waals surface area contributed by atoms with E-state index in [4.69, 9.17) is 9.15 Å². The van der Waals surface area contributed by atoms with Crippen molar-refractivity contribution in [2.24, 2.45) is 0 Å². The third-order valence-corrected chi connectivity index (χ3v) is 6.50. The molecule has 0 aliphatic carbocycles. The molecule has 1 aromatic heterocycles. The minimum Gasteiger partial charge on any atom is -0.442 e. The number of halogens is 1. The second-order valence-electron chi connectivity index (χ2n) is 9.05. The van der Waals surface area contributed by atoms with Gasteiger partial charge in [0.1, 0.15) is 22.6 Å². The van der Waals surface area contributed by atoms with E-state index in [0.29, 0.717) is 43.1 Å². The largest absolute Gasteiger partial charge is 0.442 e. The van der Waals surface area contributed by atoms with E-state index in [1.807, 2.05) is 4.90 Å². The van der Waals surface area contributed by atoms with Crippen LogP contribution in [0.1, 0.15) is 32.4 Å². The summed E-state index contributed by atoms with van der Waals surface area (Å²) in [5, 5.41) is 13.5. The topological polar surface area (TPSA) is 138 Å². The molecular formula is C24H28FN5O7. The molecule has 198 valence electrons. The summed E-state index contributed by atoms with van der Waals surface area (Å²) < 4.78 is 25.5. The molecule has 2 saturated heterocycles. The standard InChI is InChI=1S/C24H28FN5O7/c1-15(31)26-12-20-14-29(24(33)37-20)18-3-5-22(21(25)11-18)27-9-7-17(8-10-27)28(16(2)32)13-19-4-6-23(36-19)30(34)35/h3-6,11,17,20H,7-10,12-14H2,1-2H3,(H,26,31)/t20-/m0/s1. The molecule has 13 heteroatoms. The van der Waals surface area contributed by atoms with E-state index < -0.39 is 22.9 Å². The van der Waals surface area contributed by atoms with Crippen LogP contribution in [0.25, 0.3) is 0 Å². The van der Waals surface area contributed by atoms with Gasteiger partial charge < -0.3 is 24.3 Å². The first kappa shape index (κ1) is 25.9. The number of carbonyl (C=O) groups is 3. The van der Waals surface area contributed by atoms with Crippen molar-refractivity contribution in [3.8, 4) is 0 Å². The number of furan rings is 1. The number of piperidine rings is 1. The van der Waals surface area contributed by atoms with Gasteiger partial charge in [-0.2, -0.15) is 0 Å². The summed E-state index contributed by atoms with van der Waals surface area (Å²) in [5.74, 6) is -0.948. The van der Waals surface area contributed by atoms with Gasteiger partial charge in [-0.3, -0.25) is 24.6 Å². The lowest BCUT2D eigenvalue weighted by molar-refractivity contribution is -0.402. The Morgan fingerprint density at radius 1 is 1.22 bits per heavy atom. The number of rotatable bonds is 8. The molecule has 1 aromatic carbocycles. The van der Waals surface area contributed by atoms with Crippen LogP contribution in [0, 0.1) is 15.9 Å². The van der Waals surface area contributed by atoms with Crippen LogP contribution in [0.4, 0.5) is 26.4 Å². The number of anilines is 2. The maximum absolute atomic E-state index is 15.1. The lowest BCUT2D eigenvalue weighted by atomic mass is 10.0. The number of nitro groups is 1. The Hall–Kier alpha value is -4.16. The predicted molar refractivity (Wildman–Crippen MR) is 130 cm³/mol. The average molecular weight is 518 g/mol. The van der Waals surface area contributed by atoms with Gasteiger partial charge >= 0.3 is 12.0 Å². The van der Waals surface area contributed by atoms with Crippen molar-refractivity contribution in [1.82, 2.24) is 10.2 Å². The third-order valence-electron chi connectivity index (χ3n) is 6.50. The normalized spacial score (nSPS) is 18.0. The lowest BCUT2D eigenvalue weighted by Gasteiger charge is -2.39. The minimum absolute atomic E-state index is 0.117. The predicted octanol–water partition coefficient (Wildman–Crippen LogP) is 2.81. The Balaban J connectivity index is 1.37. The number of nitrogens with one attached hydrogen (secondary N) is 1. The van der Waals surface area contributed by atoms with Gasteiger partial charge in [-0.1, -0.05) is 0 Å². The minimum atomic E-state index is -0.628. The highest BCUT2D eigenvalue weighted by molar-refractivity contribution is 5.90. The number of amides is 3. The van der Waals surface area contributed by atoms with E-state index in [1.54, 1.807) is 17.0 Å². The fraction of sp³-hybridized carbons (Fsp3) is 0.458. The summed E-state index contributed by atoms with van der Waals surface area (Å²) in [6.45, 7) is 4.29. The fourth-order valence-electron chi connectivity index (χ4n) is 4.65. The number of nitrogens with zero attached hydrogens (tertiary/aromatic N) is 4. The maximum Gasteiger partial charge on any atom is 0.433 e. The zero-order valence-electron chi connectivity index (χ0n) is 20.5. The lowest BCUT2D eigenvalue weighted by Crippen LogP contribution is -2.46. The molecule has 2 aliphatic heterocycles. The van der Waals surface area contributed by atoms with Crippen molar-refractivity contribution in [3.63, 3.8) is 0 Å². The van der Waals surface area contributed by atoms with Crippen LogP contribution in [-0.2, 0) is 20.9 Å². The van der Waals surface area contributed by atoms with Crippen LogP contribution in [0.2, 0.25) is 0 Å². The molecule has 0 bridgehead atoms. The van der Waals surface area contributed by atoms with Gasteiger partial charge in [0.05, 0.1) is 37.1 Å². The molecule has 3 heterocycles. The molecule has 4 rings (SSSR count). The second kappa shape index (κ2) is 10.8. The quantitative estimate of drug-likeness (QED) is 0.417. The molecule has 0 spiro atoms. The van der Waals surface area contributed by atoms with Gasteiger partial charge in [0.2, 0.25) is 11.8 Å². The zero-order valence-corrected chi connectivity index (χ0v) is 20.5. The maximum atomic E-state index is 15.1. The summed E-state index contributed by atoms with van der Waals surface area (Å²) in [7, 11) is 0. The second-order valence-corrected chi connectivity index (χ2v) is 9.05. The van der Waals surface area contributed by atoms with Crippen molar-refractivity contribution in [3.05, 3.63) is 52.0 Å². The Morgan fingerprint density at radius 3 is 2.54 bits per heavy atom. The highest BCUT2D eigenvalue weighted by Crippen LogP contribution is 2.31. The van der Waals surface area contributed by atoms with Crippen molar-refractivity contribution in [1.29, 1.82) is 0 Å². The van der Waals surface area contributed by atoms with Crippen molar-refractivity contribution in [2.45, 2.75) is 45.4 Å². The van der Waals surface area contributed by atoms with E-state index in [9.17, 15) is 24.5 Å². The van der Waals surface area contributed by atoms with Gasteiger partial charge in [-0.05, 0) is 37.1 Å². The summed E-state index contributed by atoms with van der Waals surface area (Å²) in [6, 6.07) is 7.17. The highest BCUT2D eigenvalue weighted by Gasteiger charge is 2.33. The molecule has 2 aliphatic rings. The first-order chi connectivity index (χ1) is 17.6. The molecule has 2 fully saturated rings. The van der Waals surface area contributed by atoms with Crippen LogP contribution in [0.5, 0.6) is 0 Å². The molecule has 12 nitrogen and oxygen atoms in total. The molecule has 0 unspecified atom stereocenters. The fourth-order valence-corrected chi connectivity index (χ4v) is 4.65. The summed E-state index contributed by atoms with van der Waals surface area (Å²) in [5.41, 5.74) is 0.752. The average Bonchev–Trinajstić information content (AvgIpc) is 3.48. The number of benzene rings is 1. The summed E-state index contributed by atoms with van der Waals surface area (Å²) in [4.78, 5) is 50.7. The number of carbonyl (C=O) groups excluding carboxylic acids is 3. The molecule has 1 atom stereocenters. The smallest absolute Gasteiger partial charge is 0.433 e. The molecular weight excluding hydrogens is 489 g/mol. The molecule has 0 saturated carbocycles. The van der Waals surface area contributed by atoms with Gasteiger partial charge in [0, 0.05) is 33.0 Å². The zero-order chi connectivity index (χ0) is 26.7. The first-order valence-electron chi connectivity index (χ1n) is 11.9. The van der Waals surface area contributed by atoms with Gasteiger partial charge in [-0.15, -0.1) is 0 Å². The first-order valence-corrected chi connectivity index (χ1v) is 11.9. The monoisotopic (exact) mass is 517 g/mol. The van der Waals surface area contributed by atoms with Crippen LogP contribution < -0.4 is 15.1 Å². The van der Waals surface area contributed by atoms with E-state index in [0.717, 1.165) is 0 Å². The number of cyclic esters (lactones) is 1.